The first-order valence-corrected chi connectivity index (χ1v) is 17.6. The topological polar surface area (TPSA) is 15.5 Å². The molecule has 8 rings (SSSR count). The van der Waals surface area contributed by atoms with Crippen LogP contribution < -0.4 is 9.64 Å². The summed E-state index contributed by atoms with van der Waals surface area (Å²) in [6.45, 7) is 9.43. The van der Waals surface area contributed by atoms with Gasteiger partial charge in [0.2, 0.25) is 5.69 Å². The Kier molecular flexibility index (Phi) is 7.48. The molecule has 1 aliphatic carbocycles. The van der Waals surface area contributed by atoms with Gasteiger partial charge in [0.1, 0.15) is 18.6 Å². The Morgan fingerprint density at radius 3 is 2.06 bits per heavy atom. The molecule has 2 heterocycles. The molecule has 0 amide bonds. The maximum atomic E-state index is 6.80. The standard InChI is InChI=1S/C46H45N2O/c1-45(2)40(47(5)38-27-23-31-15-10-12-21-36(31)42(38)45)29-25-33-17-14-18-34(44(33)49-35-19-8-7-9-20-35)26-30-41-46(3,4)43-37-22-13-11-16-32(37)24-28-39(43)48(41)6/h7-13,15-16,19-30H,14,17-18H2,1-6H3/q+1. The minimum Gasteiger partial charge on any atom is -0.457 e. The van der Waals surface area contributed by atoms with Crippen LogP contribution in [-0.4, -0.2) is 24.4 Å². The molecule has 244 valence electrons. The molecule has 0 bridgehead atoms. The highest BCUT2D eigenvalue weighted by Crippen LogP contribution is 2.50. The van der Waals surface area contributed by atoms with Gasteiger partial charge in [-0.05, 0) is 108 Å². The lowest BCUT2D eigenvalue weighted by Crippen LogP contribution is -2.27. The minimum absolute atomic E-state index is 0.141. The summed E-state index contributed by atoms with van der Waals surface area (Å²) >= 11 is 0. The van der Waals surface area contributed by atoms with Crippen LogP contribution in [0.5, 0.6) is 5.75 Å². The molecule has 0 radical (unpaired) electrons. The third-order valence-corrected chi connectivity index (χ3v) is 11.1. The maximum Gasteiger partial charge on any atom is 0.210 e. The van der Waals surface area contributed by atoms with Gasteiger partial charge in [-0.2, -0.15) is 4.58 Å². The molecule has 0 saturated heterocycles. The second-order valence-electron chi connectivity index (χ2n) is 14.8. The van der Waals surface area contributed by atoms with Crippen molar-refractivity contribution >= 4 is 38.6 Å². The number of para-hydroxylation sites is 1. The van der Waals surface area contributed by atoms with Crippen LogP contribution in [0.15, 0.2) is 150 Å². The number of rotatable bonds is 5. The van der Waals surface area contributed by atoms with Crippen molar-refractivity contribution < 1.29 is 9.31 Å². The van der Waals surface area contributed by atoms with E-state index in [1.165, 1.54) is 66.6 Å². The molecule has 0 spiro atoms. The zero-order chi connectivity index (χ0) is 33.9. The number of likely N-dealkylation sites (N-methyl/N-ethyl adjacent to an activating group) is 1. The third-order valence-electron chi connectivity index (χ3n) is 11.1. The zero-order valence-electron chi connectivity index (χ0n) is 29.5. The summed E-state index contributed by atoms with van der Waals surface area (Å²) in [5.74, 6) is 1.85. The number of benzene rings is 5. The van der Waals surface area contributed by atoms with Gasteiger partial charge in [-0.3, -0.25) is 0 Å². The van der Waals surface area contributed by atoms with Crippen LogP contribution in [0.25, 0.3) is 21.5 Å². The molecule has 0 aromatic heterocycles. The number of anilines is 1. The molecule has 0 fully saturated rings. The molecule has 2 aliphatic heterocycles. The van der Waals surface area contributed by atoms with Crippen molar-refractivity contribution in [1.82, 2.24) is 0 Å². The fourth-order valence-electron chi connectivity index (χ4n) is 8.70. The fourth-order valence-corrected chi connectivity index (χ4v) is 8.70. The Morgan fingerprint density at radius 1 is 0.673 bits per heavy atom. The Morgan fingerprint density at radius 2 is 1.33 bits per heavy atom. The highest BCUT2D eigenvalue weighted by atomic mass is 16.5. The van der Waals surface area contributed by atoms with E-state index in [2.05, 4.69) is 160 Å². The van der Waals surface area contributed by atoms with Crippen molar-refractivity contribution in [2.24, 2.45) is 0 Å². The van der Waals surface area contributed by atoms with Gasteiger partial charge >= 0.3 is 0 Å². The average Bonchev–Trinajstić information content (AvgIpc) is 3.44. The van der Waals surface area contributed by atoms with E-state index >= 15 is 0 Å². The molecule has 5 aromatic rings. The molecule has 0 saturated carbocycles. The van der Waals surface area contributed by atoms with Crippen molar-refractivity contribution in [1.29, 1.82) is 0 Å². The van der Waals surface area contributed by atoms with Gasteiger partial charge in [-0.1, -0.05) is 92.7 Å². The van der Waals surface area contributed by atoms with Gasteiger partial charge in [0, 0.05) is 41.6 Å². The second kappa shape index (κ2) is 11.8. The summed E-state index contributed by atoms with van der Waals surface area (Å²) in [5.41, 5.74) is 10.2. The zero-order valence-corrected chi connectivity index (χ0v) is 29.5. The van der Waals surface area contributed by atoms with Crippen LogP contribution in [0.2, 0.25) is 0 Å². The summed E-state index contributed by atoms with van der Waals surface area (Å²) < 4.78 is 9.18. The Hall–Kier alpha value is -5.15. The van der Waals surface area contributed by atoms with Crippen LogP contribution in [0.4, 0.5) is 11.4 Å². The summed E-state index contributed by atoms with van der Waals surface area (Å²) in [6, 6.07) is 36.8. The number of fused-ring (bicyclic) bond motifs is 6. The molecule has 3 aliphatic rings. The highest BCUT2D eigenvalue weighted by molar-refractivity contribution is 6.07. The molecular weight excluding hydrogens is 597 g/mol. The molecule has 3 nitrogen and oxygen atoms in total. The molecule has 0 N–H and O–H groups in total. The van der Waals surface area contributed by atoms with Crippen molar-refractivity contribution in [3.05, 3.63) is 161 Å². The van der Waals surface area contributed by atoms with Crippen molar-refractivity contribution in [2.45, 2.75) is 57.8 Å². The van der Waals surface area contributed by atoms with E-state index < -0.39 is 0 Å². The third kappa shape index (κ3) is 5.06. The largest absolute Gasteiger partial charge is 0.457 e. The van der Waals surface area contributed by atoms with Crippen molar-refractivity contribution in [3.63, 3.8) is 0 Å². The number of ether oxygens (including phenoxy) is 1. The average molecular weight is 642 g/mol. The maximum absolute atomic E-state index is 6.80. The second-order valence-corrected chi connectivity index (χ2v) is 14.8. The molecule has 5 aromatic carbocycles. The number of hydrogen-bond acceptors (Lipinski definition) is 2. The Labute approximate surface area is 290 Å². The first-order valence-electron chi connectivity index (χ1n) is 17.6. The van der Waals surface area contributed by atoms with E-state index in [4.69, 9.17) is 4.74 Å². The molecule has 3 heteroatoms. The molecule has 49 heavy (non-hydrogen) atoms. The summed E-state index contributed by atoms with van der Waals surface area (Å²) in [6.07, 6.45) is 12.4. The van der Waals surface area contributed by atoms with Gasteiger partial charge in [0.15, 0.2) is 5.71 Å². The van der Waals surface area contributed by atoms with E-state index in [0.29, 0.717) is 0 Å². The lowest BCUT2D eigenvalue weighted by atomic mass is 9.78. The van der Waals surface area contributed by atoms with E-state index in [1.807, 2.05) is 18.2 Å². The lowest BCUT2D eigenvalue weighted by Gasteiger charge is -2.25. The van der Waals surface area contributed by atoms with E-state index in [-0.39, 0.29) is 10.8 Å². The summed E-state index contributed by atoms with van der Waals surface area (Å²) in [7, 11) is 4.41. The van der Waals surface area contributed by atoms with Crippen LogP contribution in [0, 0.1) is 0 Å². The summed E-state index contributed by atoms with van der Waals surface area (Å²) in [4.78, 5) is 2.37. The van der Waals surface area contributed by atoms with Crippen LogP contribution in [0.3, 0.4) is 0 Å². The van der Waals surface area contributed by atoms with Crippen LogP contribution in [0.1, 0.15) is 58.1 Å². The SMILES string of the molecule is CN1C(=CC=C2CCCC(C=CC3=[N+](C)c4ccc5ccccc5c4C3(C)C)=C2Oc2ccccc2)C(C)(C)c2c1ccc1ccccc21. The van der Waals surface area contributed by atoms with Gasteiger partial charge in [0.05, 0.1) is 5.41 Å². The lowest BCUT2D eigenvalue weighted by molar-refractivity contribution is -0.401. The first-order chi connectivity index (χ1) is 23.7. The van der Waals surface area contributed by atoms with Crippen molar-refractivity contribution in [3.8, 4) is 5.75 Å². The normalized spacial score (nSPS) is 19.9. The van der Waals surface area contributed by atoms with Gasteiger partial charge in [0.25, 0.3) is 0 Å². The fraction of sp³-hybridized carbons (Fsp3) is 0.239. The minimum atomic E-state index is -0.141. The van der Waals surface area contributed by atoms with E-state index in [9.17, 15) is 0 Å². The predicted molar refractivity (Wildman–Crippen MR) is 206 cm³/mol. The van der Waals surface area contributed by atoms with Gasteiger partial charge < -0.3 is 9.64 Å². The number of nitrogens with zero attached hydrogens (tertiary/aromatic N) is 2. The predicted octanol–water partition coefficient (Wildman–Crippen LogP) is 11.3. The summed E-state index contributed by atoms with van der Waals surface area (Å²) in [5, 5.41) is 5.24. The highest BCUT2D eigenvalue weighted by Gasteiger charge is 2.44. The Bertz CT molecular complexity index is 2290. The quantitative estimate of drug-likeness (QED) is 0.177. The Balaban J connectivity index is 1.20. The van der Waals surface area contributed by atoms with Gasteiger partial charge in [-0.15, -0.1) is 0 Å². The number of allylic oxidation sites excluding steroid dienone is 7. The van der Waals surface area contributed by atoms with Crippen LogP contribution >= 0.6 is 0 Å². The monoisotopic (exact) mass is 641 g/mol. The number of hydrogen-bond donors (Lipinski definition) is 0. The first kappa shape index (κ1) is 31.1. The van der Waals surface area contributed by atoms with Crippen LogP contribution in [-0.2, 0) is 10.8 Å². The van der Waals surface area contributed by atoms with Gasteiger partial charge in [-0.25, -0.2) is 0 Å². The molecule has 0 unspecified atom stereocenters. The van der Waals surface area contributed by atoms with E-state index in [1.54, 1.807) is 0 Å². The van der Waals surface area contributed by atoms with E-state index in [0.717, 1.165) is 30.8 Å². The van der Waals surface area contributed by atoms with Crippen molar-refractivity contribution in [2.75, 3.05) is 19.0 Å². The molecule has 0 atom stereocenters. The molecular formula is C46H45N2O+. The smallest absolute Gasteiger partial charge is 0.210 e.